The summed E-state index contributed by atoms with van der Waals surface area (Å²) in [5.41, 5.74) is 2.71. The van der Waals surface area contributed by atoms with Gasteiger partial charge in [-0.1, -0.05) is 48.9 Å². The number of aromatic nitrogens is 2. The van der Waals surface area contributed by atoms with Gasteiger partial charge in [0.1, 0.15) is 10.8 Å². The molecule has 1 amide bonds. The lowest BCUT2D eigenvalue weighted by molar-refractivity contribution is 0.102. The van der Waals surface area contributed by atoms with Gasteiger partial charge in [-0.3, -0.25) is 10.1 Å². The van der Waals surface area contributed by atoms with Crippen LogP contribution >= 0.6 is 11.3 Å². The van der Waals surface area contributed by atoms with Crippen LogP contribution in [0.25, 0.3) is 10.6 Å². The number of rotatable bonds is 7. The van der Waals surface area contributed by atoms with Gasteiger partial charge in [-0.2, -0.15) is 0 Å². The van der Waals surface area contributed by atoms with Crippen LogP contribution in [0.2, 0.25) is 0 Å². The topological polar surface area (TPSA) is 64.1 Å². The van der Waals surface area contributed by atoms with Crippen molar-refractivity contribution < 1.29 is 9.53 Å². The van der Waals surface area contributed by atoms with Gasteiger partial charge in [0, 0.05) is 11.1 Å². The number of ether oxygens (including phenoxy) is 1. The zero-order valence-corrected chi connectivity index (χ0v) is 15.7. The van der Waals surface area contributed by atoms with Crippen molar-refractivity contribution in [3.8, 4) is 16.3 Å². The van der Waals surface area contributed by atoms with Gasteiger partial charge in [0.05, 0.1) is 6.61 Å². The molecule has 2 aromatic carbocycles. The summed E-state index contributed by atoms with van der Waals surface area (Å²) in [6, 6.07) is 15.1. The number of nitrogens with zero attached hydrogens (tertiary/aromatic N) is 2. The maximum Gasteiger partial charge on any atom is 0.257 e. The zero-order chi connectivity index (χ0) is 18.4. The number of aryl methyl sites for hydroxylation is 1. The fourth-order valence-corrected chi connectivity index (χ4v) is 3.23. The second-order valence-electron chi connectivity index (χ2n) is 5.91. The normalized spacial score (nSPS) is 10.5. The van der Waals surface area contributed by atoms with E-state index in [1.165, 1.54) is 11.3 Å². The largest absolute Gasteiger partial charge is 0.494 e. The first-order valence-corrected chi connectivity index (χ1v) is 9.42. The Hall–Kier alpha value is -2.73. The van der Waals surface area contributed by atoms with E-state index in [9.17, 15) is 4.79 Å². The Labute approximate surface area is 157 Å². The number of hydrogen-bond donors (Lipinski definition) is 1. The van der Waals surface area contributed by atoms with E-state index in [-0.39, 0.29) is 5.91 Å². The number of amides is 1. The summed E-state index contributed by atoms with van der Waals surface area (Å²) < 4.78 is 5.61. The predicted octanol–water partition coefficient (Wildman–Crippen LogP) is 4.94. The minimum Gasteiger partial charge on any atom is -0.494 e. The van der Waals surface area contributed by atoms with Crippen molar-refractivity contribution in [3.63, 3.8) is 0 Å². The van der Waals surface area contributed by atoms with Crippen LogP contribution < -0.4 is 10.1 Å². The van der Waals surface area contributed by atoms with Gasteiger partial charge in [0.25, 0.3) is 5.91 Å². The molecule has 0 saturated carbocycles. The molecule has 1 heterocycles. The quantitative estimate of drug-likeness (QED) is 0.601. The van der Waals surface area contributed by atoms with Gasteiger partial charge < -0.3 is 4.74 Å². The summed E-state index contributed by atoms with van der Waals surface area (Å²) in [6.07, 6.45) is 2.11. The molecule has 6 heteroatoms. The van der Waals surface area contributed by atoms with Gasteiger partial charge in [0.2, 0.25) is 5.13 Å². The summed E-state index contributed by atoms with van der Waals surface area (Å²) in [7, 11) is 0. The van der Waals surface area contributed by atoms with E-state index in [1.807, 2.05) is 43.3 Å². The molecule has 0 saturated heterocycles. The van der Waals surface area contributed by atoms with Crippen molar-refractivity contribution in [2.24, 2.45) is 0 Å². The van der Waals surface area contributed by atoms with Crippen molar-refractivity contribution >= 4 is 22.4 Å². The van der Waals surface area contributed by atoms with E-state index in [0.717, 1.165) is 34.7 Å². The minimum absolute atomic E-state index is 0.211. The third kappa shape index (κ3) is 4.46. The van der Waals surface area contributed by atoms with Crippen molar-refractivity contribution in [2.75, 3.05) is 11.9 Å². The number of hydrogen-bond acceptors (Lipinski definition) is 5. The molecule has 3 rings (SSSR count). The Bertz CT molecular complexity index is 875. The first kappa shape index (κ1) is 18.1. The highest BCUT2D eigenvalue weighted by molar-refractivity contribution is 7.18. The van der Waals surface area contributed by atoms with Gasteiger partial charge in [-0.15, -0.1) is 10.2 Å². The van der Waals surface area contributed by atoms with Crippen LogP contribution in [0.5, 0.6) is 5.75 Å². The predicted molar refractivity (Wildman–Crippen MR) is 105 cm³/mol. The first-order valence-electron chi connectivity index (χ1n) is 8.61. The number of carbonyl (C=O) groups is 1. The van der Waals surface area contributed by atoms with E-state index >= 15 is 0 Å². The molecule has 0 spiro atoms. The van der Waals surface area contributed by atoms with Gasteiger partial charge >= 0.3 is 0 Å². The van der Waals surface area contributed by atoms with Crippen LogP contribution in [0.15, 0.2) is 48.5 Å². The summed E-state index contributed by atoms with van der Waals surface area (Å²) in [4.78, 5) is 12.4. The molecule has 0 atom stereocenters. The second-order valence-corrected chi connectivity index (χ2v) is 6.89. The third-order valence-corrected chi connectivity index (χ3v) is 4.78. The van der Waals surface area contributed by atoms with Gasteiger partial charge in [0.15, 0.2) is 0 Å². The van der Waals surface area contributed by atoms with Crippen LogP contribution in [0.4, 0.5) is 5.13 Å². The highest BCUT2D eigenvalue weighted by Gasteiger charge is 2.12. The monoisotopic (exact) mass is 367 g/mol. The Morgan fingerprint density at radius 2 is 1.88 bits per heavy atom. The average molecular weight is 367 g/mol. The lowest BCUT2D eigenvalue weighted by Crippen LogP contribution is -2.11. The average Bonchev–Trinajstić information content (AvgIpc) is 3.11. The van der Waals surface area contributed by atoms with E-state index in [4.69, 9.17) is 4.74 Å². The molecule has 1 N–H and O–H groups in total. The molecule has 26 heavy (non-hydrogen) atoms. The molecule has 1 aromatic heterocycles. The van der Waals surface area contributed by atoms with Crippen LogP contribution in [0.1, 0.15) is 35.7 Å². The lowest BCUT2D eigenvalue weighted by Gasteiger charge is -2.06. The van der Waals surface area contributed by atoms with E-state index in [0.29, 0.717) is 17.3 Å². The fourth-order valence-electron chi connectivity index (χ4n) is 2.40. The smallest absolute Gasteiger partial charge is 0.257 e. The number of benzene rings is 2. The summed E-state index contributed by atoms with van der Waals surface area (Å²) in [5, 5.41) is 12.3. The Morgan fingerprint density at radius 1 is 1.12 bits per heavy atom. The molecule has 0 aliphatic carbocycles. The molecule has 134 valence electrons. The molecule has 0 bridgehead atoms. The standard InChI is InChI=1S/C20H21N3O2S/c1-3-4-13-25-16-11-9-15(10-12-16)18(24)21-20-23-22-19(26-20)17-8-6-5-7-14(17)2/h5-12H,3-4,13H2,1-2H3,(H,21,23,24). The Kier molecular flexibility index (Phi) is 5.96. The number of nitrogens with one attached hydrogen (secondary N) is 1. The fraction of sp³-hybridized carbons (Fsp3) is 0.250. The van der Waals surface area contributed by atoms with Crippen LogP contribution in [0, 0.1) is 6.92 Å². The number of unbranched alkanes of at least 4 members (excludes halogenated alkanes) is 1. The second kappa shape index (κ2) is 8.58. The Morgan fingerprint density at radius 3 is 2.62 bits per heavy atom. The lowest BCUT2D eigenvalue weighted by atomic mass is 10.1. The molecule has 0 aliphatic heterocycles. The molecule has 0 fully saturated rings. The number of carbonyl (C=O) groups excluding carboxylic acids is 1. The summed E-state index contributed by atoms with van der Waals surface area (Å²) >= 11 is 1.36. The van der Waals surface area contributed by atoms with Crippen molar-refractivity contribution in [3.05, 3.63) is 59.7 Å². The third-order valence-electron chi connectivity index (χ3n) is 3.90. The van der Waals surface area contributed by atoms with Gasteiger partial charge in [-0.25, -0.2) is 0 Å². The van der Waals surface area contributed by atoms with E-state index in [2.05, 4.69) is 22.4 Å². The van der Waals surface area contributed by atoms with Crippen molar-refractivity contribution in [2.45, 2.75) is 26.7 Å². The van der Waals surface area contributed by atoms with E-state index < -0.39 is 0 Å². The van der Waals surface area contributed by atoms with E-state index in [1.54, 1.807) is 12.1 Å². The van der Waals surface area contributed by atoms with Crippen molar-refractivity contribution in [1.82, 2.24) is 10.2 Å². The summed E-state index contributed by atoms with van der Waals surface area (Å²) in [6.45, 7) is 4.84. The minimum atomic E-state index is -0.211. The zero-order valence-electron chi connectivity index (χ0n) is 14.9. The highest BCUT2D eigenvalue weighted by Crippen LogP contribution is 2.28. The molecule has 0 aliphatic rings. The van der Waals surface area contributed by atoms with Crippen LogP contribution in [0.3, 0.4) is 0 Å². The molecule has 0 radical (unpaired) electrons. The van der Waals surface area contributed by atoms with Crippen LogP contribution in [-0.4, -0.2) is 22.7 Å². The van der Waals surface area contributed by atoms with Crippen LogP contribution in [-0.2, 0) is 0 Å². The molecule has 3 aromatic rings. The highest BCUT2D eigenvalue weighted by atomic mass is 32.1. The molecular weight excluding hydrogens is 346 g/mol. The number of anilines is 1. The Balaban J connectivity index is 1.64. The SMILES string of the molecule is CCCCOc1ccc(C(=O)Nc2nnc(-c3ccccc3C)s2)cc1. The van der Waals surface area contributed by atoms with Gasteiger partial charge in [-0.05, 0) is 43.2 Å². The summed E-state index contributed by atoms with van der Waals surface area (Å²) in [5.74, 6) is 0.561. The molecule has 0 unspecified atom stereocenters. The maximum absolute atomic E-state index is 12.4. The van der Waals surface area contributed by atoms with Crippen molar-refractivity contribution in [1.29, 1.82) is 0 Å². The maximum atomic E-state index is 12.4. The molecular formula is C20H21N3O2S. The first-order chi connectivity index (χ1) is 12.7. The molecule has 5 nitrogen and oxygen atoms in total.